The van der Waals surface area contributed by atoms with E-state index in [-0.39, 0.29) is 17.7 Å². The van der Waals surface area contributed by atoms with Gasteiger partial charge in [0.2, 0.25) is 5.76 Å². The van der Waals surface area contributed by atoms with E-state index in [1.54, 1.807) is 6.07 Å². The average molecular weight is 350 g/mol. The van der Waals surface area contributed by atoms with Crippen LogP contribution in [-0.4, -0.2) is 25.7 Å². The number of hydrogen-bond acceptors (Lipinski definition) is 4. The average Bonchev–Trinajstić information content (AvgIpc) is 3.28. The molecule has 6 heteroatoms. The van der Waals surface area contributed by atoms with E-state index < -0.39 is 0 Å². The molecule has 0 saturated heterocycles. The highest BCUT2D eigenvalue weighted by molar-refractivity contribution is 5.91. The molecule has 1 unspecified atom stereocenters. The van der Waals surface area contributed by atoms with Crippen LogP contribution in [-0.2, 0) is 20.0 Å². The van der Waals surface area contributed by atoms with Gasteiger partial charge in [0.05, 0.1) is 30.2 Å². The summed E-state index contributed by atoms with van der Waals surface area (Å²) in [4.78, 5) is 15.1. The van der Waals surface area contributed by atoms with Crippen LogP contribution in [0.5, 0.6) is 0 Å². The van der Waals surface area contributed by atoms with Gasteiger partial charge in [0.25, 0.3) is 5.91 Å². The molecule has 0 saturated carbocycles. The molecule has 0 spiro atoms. The summed E-state index contributed by atoms with van der Waals surface area (Å²) in [5.41, 5.74) is 4.49. The molecule has 0 N–H and O–H groups in total. The fourth-order valence-electron chi connectivity index (χ4n) is 3.83. The van der Waals surface area contributed by atoms with Gasteiger partial charge in [-0.2, -0.15) is 5.10 Å². The maximum absolute atomic E-state index is 13.2. The summed E-state index contributed by atoms with van der Waals surface area (Å²) in [6.45, 7) is 2.44. The van der Waals surface area contributed by atoms with Crippen molar-refractivity contribution in [3.8, 4) is 0 Å². The summed E-state index contributed by atoms with van der Waals surface area (Å²) >= 11 is 0. The Hall–Kier alpha value is -2.89. The number of hydrogen-bond donors (Lipinski definition) is 0. The number of nitrogens with zero attached hydrogens (tertiary/aromatic N) is 4. The molecule has 0 bridgehead atoms. The lowest BCUT2D eigenvalue weighted by atomic mass is 9.86. The summed E-state index contributed by atoms with van der Waals surface area (Å²) in [7, 11) is 1.91. The van der Waals surface area contributed by atoms with Crippen molar-refractivity contribution in [3.05, 3.63) is 70.9 Å². The number of carbonyl (C=O) groups excluding carboxylic acids is 1. The molecular formula is C20H22N4O2. The molecule has 1 amide bonds. The molecule has 2 heterocycles. The van der Waals surface area contributed by atoms with Crippen molar-refractivity contribution in [2.24, 2.45) is 7.05 Å². The van der Waals surface area contributed by atoms with Crippen molar-refractivity contribution in [2.45, 2.75) is 38.8 Å². The monoisotopic (exact) mass is 350 g/mol. The summed E-state index contributed by atoms with van der Waals surface area (Å²) in [6, 6.07) is 12.1. The van der Waals surface area contributed by atoms with E-state index in [9.17, 15) is 4.79 Å². The van der Waals surface area contributed by atoms with Gasteiger partial charge in [-0.3, -0.25) is 9.48 Å². The molecule has 0 radical (unpaired) electrons. The lowest BCUT2D eigenvalue weighted by molar-refractivity contribution is 0.0590. The van der Waals surface area contributed by atoms with Gasteiger partial charge < -0.3 is 9.42 Å². The van der Waals surface area contributed by atoms with E-state index in [1.165, 1.54) is 17.3 Å². The quantitative estimate of drug-likeness (QED) is 0.723. The minimum Gasteiger partial charge on any atom is -0.351 e. The minimum absolute atomic E-state index is 0.0211. The third kappa shape index (κ3) is 3.03. The van der Waals surface area contributed by atoms with E-state index in [0.717, 1.165) is 30.7 Å². The van der Waals surface area contributed by atoms with Gasteiger partial charge in [0, 0.05) is 13.1 Å². The van der Waals surface area contributed by atoms with Gasteiger partial charge >= 0.3 is 0 Å². The molecule has 3 aromatic rings. The molecule has 1 atom stereocenters. The second-order valence-electron chi connectivity index (χ2n) is 6.82. The maximum atomic E-state index is 13.2. The first-order valence-corrected chi connectivity index (χ1v) is 8.92. The number of rotatable bonds is 4. The summed E-state index contributed by atoms with van der Waals surface area (Å²) in [6.07, 6.45) is 4.57. The van der Waals surface area contributed by atoms with Crippen LogP contribution in [0.4, 0.5) is 0 Å². The SMILES string of the molecule is Cc1cc(CN(C(=O)c2ccno2)C2CCCc3ccccc32)n(C)n1. The van der Waals surface area contributed by atoms with E-state index in [2.05, 4.69) is 28.5 Å². The molecule has 134 valence electrons. The standard InChI is InChI=1S/C20H22N4O2/c1-14-12-16(23(2)22-14)13-24(20(25)19-10-11-21-26-19)18-9-5-7-15-6-3-4-8-17(15)18/h3-4,6,8,10-12,18H,5,7,9,13H2,1-2H3. The molecule has 1 aliphatic rings. The number of amides is 1. The Bertz CT molecular complexity index is 914. The maximum Gasteiger partial charge on any atom is 0.293 e. The molecule has 0 aliphatic heterocycles. The molecule has 0 fully saturated rings. The van der Waals surface area contributed by atoms with Crippen LogP contribution in [0.25, 0.3) is 0 Å². The summed E-state index contributed by atoms with van der Waals surface area (Å²) in [5.74, 6) is 0.134. The van der Waals surface area contributed by atoms with Gasteiger partial charge in [-0.1, -0.05) is 29.4 Å². The van der Waals surface area contributed by atoms with Gasteiger partial charge in [-0.05, 0) is 43.4 Å². The van der Waals surface area contributed by atoms with E-state index >= 15 is 0 Å². The predicted molar refractivity (Wildman–Crippen MR) is 96.4 cm³/mol. The Labute approximate surface area is 152 Å². The Morgan fingerprint density at radius 3 is 2.92 bits per heavy atom. The smallest absolute Gasteiger partial charge is 0.293 e. The Morgan fingerprint density at radius 1 is 1.35 bits per heavy atom. The summed E-state index contributed by atoms with van der Waals surface area (Å²) < 4.78 is 7.00. The number of benzene rings is 1. The first-order chi connectivity index (χ1) is 12.6. The Kier molecular flexibility index (Phi) is 4.32. The zero-order valence-corrected chi connectivity index (χ0v) is 15.1. The highest BCUT2D eigenvalue weighted by Crippen LogP contribution is 2.36. The summed E-state index contributed by atoms with van der Waals surface area (Å²) in [5, 5.41) is 8.12. The van der Waals surface area contributed by atoms with Crippen LogP contribution in [0.2, 0.25) is 0 Å². The van der Waals surface area contributed by atoms with Crippen molar-refractivity contribution >= 4 is 5.91 Å². The molecule has 6 nitrogen and oxygen atoms in total. The zero-order valence-electron chi connectivity index (χ0n) is 15.1. The van der Waals surface area contributed by atoms with Crippen LogP contribution in [0.15, 0.2) is 47.1 Å². The van der Waals surface area contributed by atoms with Crippen LogP contribution >= 0.6 is 0 Å². The Morgan fingerprint density at radius 2 is 2.19 bits per heavy atom. The molecule has 2 aromatic heterocycles. The second kappa shape index (κ2) is 6.78. The van der Waals surface area contributed by atoms with Crippen molar-refractivity contribution in [1.29, 1.82) is 0 Å². The Balaban J connectivity index is 1.74. The number of aromatic nitrogens is 3. The van der Waals surface area contributed by atoms with Crippen LogP contribution in [0.1, 0.15) is 52.0 Å². The first kappa shape index (κ1) is 16.6. The third-order valence-corrected chi connectivity index (χ3v) is 5.05. The number of aryl methyl sites for hydroxylation is 3. The predicted octanol–water partition coefficient (Wildman–Crippen LogP) is 3.44. The van der Waals surface area contributed by atoms with Crippen molar-refractivity contribution in [3.63, 3.8) is 0 Å². The molecule has 4 rings (SSSR count). The molecule has 1 aromatic carbocycles. The van der Waals surface area contributed by atoms with Gasteiger partial charge in [-0.25, -0.2) is 0 Å². The normalized spacial score (nSPS) is 16.3. The minimum atomic E-state index is -0.136. The largest absolute Gasteiger partial charge is 0.351 e. The molecule has 26 heavy (non-hydrogen) atoms. The highest BCUT2D eigenvalue weighted by atomic mass is 16.5. The number of carbonyl (C=O) groups is 1. The van der Waals surface area contributed by atoms with Crippen LogP contribution in [0, 0.1) is 6.92 Å². The van der Waals surface area contributed by atoms with Gasteiger partial charge in [0.1, 0.15) is 0 Å². The van der Waals surface area contributed by atoms with Crippen LogP contribution in [0.3, 0.4) is 0 Å². The van der Waals surface area contributed by atoms with E-state index in [1.807, 2.05) is 35.7 Å². The van der Waals surface area contributed by atoms with Gasteiger partial charge in [0.15, 0.2) is 0 Å². The lowest BCUT2D eigenvalue weighted by Gasteiger charge is -2.35. The topological polar surface area (TPSA) is 64.2 Å². The lowest BCUT2D eigenvalue weighted by Crippen LogP contribution is -2.36. The van der Waals surface area contributed by atoms with Crippen molar-refractivity contribution < 1.29 is 9.32 Å². The third-order valence-electron chi connectivity index (χ3n) is 5.05. The molecule has 1 aliphatic carbocycles. The van der Waals surface area contributed by atoms with Crippen LogP contribution < -0.4 is 0 Å². The van der Waals surface area contributed by atoms with E-state index in [0.29, 0.717) is 6.54 Å². The zero-order chi connectivity index (χ0) is 18.1. The molecular weight excluding hydrogens is 328 g/mol. The van der Waals surface area contributed by atoms with Crippen molar-refractivity contribution in [1.82, 2.24) is 19.8 Å². The van der Waals surface area contributed by atoms with Crippen molar-refractivity contribution in [2.75, 3.05) is 0 Å². The number of fused-ring (bicyclic) bond motifs is 1. The second-order valence-corrected chi connectivity index (χ2v) is 6.82. The van der Waals surface area contributed by atoms with Gasteiger partial charge in [-0.15, -0.1) is 0 Å². The fourth-order valence-corrected chi connectivity index (χ4v) is 3.83. The fraction of sp³-hybridized carbons (Fsp3) is 0.350. The van der Waals surface area contributed by atoms with E-state index in [4.69, 9.17) is 4.52 Å². The first-order valence-electron chi connectivity index (χ1n) is 8.92. The highest BCUT2D eigenvalue weighted by Gasteiger charge is 2.32.